The molecule has 1 aromatic carbocycles. The zero-order chi connectivity index (χ0) is 18.2. The Labute approximate surface area is 150 Å². The van der Waals surface area contributed by atoms with Crippen LogP contribution in [0.2, 0.25) is 0 Å². The quantitative estimate of drug-likeness (QED) is 0.578. The van der Waals surface area contributed by atoms with Gasteiger partial charge >= 0.3 is 0 Å². The van der Waals surface area contributed by atoms with E-state index in [1.807, 2.05) is 18.0 Å². The van der Waals surface area contributed by atoms with Crippen molar-refractivity contribution in [3.05, 3.63) is 23.8 Å². The van der Waals surface area contributed by atoms with Crippen molar-refractivity contribution in [2.24, 2.45) is 0 Å². The third kappa shape index (κ3) is 4.91. The Kier molecular flexibility index (Phi) is 7.16. The first kappa shape index (κ1) is 19.2. The maximum atomic E-state index is 12.5. The lowest BCUT2D eigenvalue weighted by atomic mass is 10.1. The Morgan fingerprint density at radius 2 is 1.52 bits per heavy atom. The van der Waals surface area contributed by atoms with Gasteiger partial charge in [-0.2, -0.15) is 0 Å². The highest BCUT2D eigenvalue weighted by Gasteiger charge is 2.19. The summed E-state index contributed by atoms with van der Waals surface area (Å²) in [6.45, 7) is 0. The maximum absolute atomic E-state index is 12.5. The van der Waals surface area contributed by atoms with Gasteiger partial charge in [0.25, 0.3) is 0 Å². The highest BCUT2D eigenvalue weighted by molar-refractivity contribution is 5.92. The number of ether oxygens (including phenoxy) is 3. The third-order valence-corrected chi connectivity index (χ3v) is 4.86. The average molecular weight is 347 g/mol. The number of carbonyl (C=O) groups excluding carboxylic acids is 1. The number of nitrogens with zero attached hydrogens (tertiary/aromatic N) is 1. The predicted molar refractivity (Wildman–Crippen MR) is 99.4 cm³/mol. The minimum atomic E-state index is 0.0173. The molecule has 138 valence electrons. The van der Waals surface area contributed by atoms with Crippen molar-refractivity contribution in [2.75, 3.05) is 28.4 Å². The third-order valence-electron chi connectivity index (χ3n) is 4.86. The molecule has 0 aliphatic heterocycles. The van der Waals surface area contributed by atoms with Crippen LogP contribution in [-0.4, -0.2) is 45.2 Å². The number of hydrogen-bond acceptors (Lipinski definition) is 4. The second-order valence-corrected chi connectivity index (χ2v) is 6.38. The van der Waals surface area contributed by atoms with Crippen LogP contribution in [0.5, 0.6) is 17.2 Å². The first-order valence-electron chi connectivity index (χ1n) is 8.85. The molecule has 1 fully saturated rings. The molecule has 1 amide bonds. The Balaban J connectivity index is 2.15. The summed E-state index contributed by atoms with van der Waals surface area (Å²) in [6.07, 6.45) is 10.5. The van der Waals surface area contributed by atoms with Crippen molar-refractivity contribution >= 4 is 12.0 Å². The fourth-order valence-electron chi connectivity index (χ4n) is 3.29. The molecule has 0 N–H and O–H groups in total. The number of hydrogen-bond donors (Lipinski definition) is 0. The molecule has 0 saturated heterocycles. The number of methoxy groups -OCH3 is 3. The van der Waals surface area contributed by atoms with Gasteiger partial charge in [-0.3, -0.25) is 4.79 Å². The molecule has 1 aliphatic rings. The van der Waals surface area contributed by atoms with E-state index in [-0.39, 0.29) is 5.91 Å². The van der Waals surface area contributed by atoms with Gasteiger partial charge in [0.05, 0.1) is 21.3 Å². The Hall–Kier alpha value is -2.17. The van der Waals surface area contributed by atoms with Crippen LogP contribution in [-0.2, 0) is 4.79 Å². The molecule has 1 aliphatic carbocycles. The molecule has 1 saturated carbocycles. The topological polar surface area (TPSA) is 48.0 Å². The Morgan fingerprint density at radius 3 is 2.08 bits per heavy atom. The molecule has 5 nitrogen and oxygen atoms in total. The van der Waals surface area contributed by atoms with Gasteiger partial charge in [0.1, 0.15) is 5.75 Å². The summed E-state index contributed by atoms with van der Waals surface area (Å²) in [5, 5.41) is 0. The molecular formula is C20H29NO4. The lowest BCUT2D eigenvalue weighted by Crippen LogP contribution is -2.35. The molecule has 0 unspecified atom stereocenters. The molecule has 5 heteroatoms. The molecule has 2 rings (SSSR count). The van der Waals surface area contributed by atoms with Crippen LogP contribution < -0.4 is 14.2 Å². The first-order chi connectivity index (χ1) is 12.1. The number of rotatable bonds is 6. The highest BCUT2D eigenvalue weighted by atomic mass is 16.5. The number of carbonyl (C=O) groups is 1. The largest absolute Gasteiger partial charge is 0.496 e. The van der Waals surface area contributed by atoms with E-state index < -0.39 is 0 Å². The standard InChI is InChI=1S/C20H29NO4/c1-21(16-9-7-5-6-8-10-16)20(22)12-11-15-13-18(24-3)19(25-4)14-17(15)23-2/h11-14,16H,5-10H2,1-4H3/b12-11+. The highest BCUT2D eigenvalue weighted by Crippen LogP contribution is 2.35. The van der Waals surface area contributed by atoms with Gasteiger partial charge < -0.3 is 19.1 Å². The Bertz CT molecular complexity index is 604. The van der Waals surface area contributed by atoms with Crippen LogP contribution in [0, 0.1) is 0 Å². The smallest absolute Gasteiger partial charge is 0.246 e. The van der Waals surface area contributed by atoms with Crippen molar-refractivity contribution in [2.45, 2.75) is 44.6 Å². The van der Waals surface area contributed by atoms with E-state index in [1.165, 1.54) is 25.7 Å². The second kappa shape index (κ2) is 9.35. The molecule has 0 atom stereocenters. The van der Waals surface area contributed by atoms with Crippen LogP contribution in [0.25, 0.3) is 6.08 Å². The fraction of sp³-hybridized carbons (Fsp3) is 0.550. The van der Waals surface area contributed by atoms with Crippen molar-refractivity contribution in [1.82, 2.24) is 4.90 Å². The zero-order valence-corrected chi connectivity index (χ0v) is 15.7. The molecule has 0 heterocycles. The van der Waals surface area contributed by atoms with Crippen molar-refractivity contribution in [3.8, 4) is 17.2 Å². The van der Waals surface area contributed by atoms with Crippen molar-refractivity contribution < 1.29 is 19.0 Å². The first-order valence-corrected chi connectivity index (χ1v) is 8.85. The maximum Gasteiger partial charge on any atom is 0.246 e. The van der Waals surface area contributed by atoms with Gasteiger partial charge in [-0.05, 0) is 25.0 Å². The van der Waals surface area contributed by atoms with E-state index in [2.05, 4.69) is 0 Å². The molecule has 1 aromatic rings. The summed E-state index contributed by atoms with van der Waals surface area (Å²) in [4.78, 5) is 14.4. The Morgan fingerprint density at radius 1 is 0.960 bits per heavy atom. The van der Waals surface area contributed by atoms with Crippen LogP contribution >= 0.6 is 0 Å². The van der Waals surface area contributed by atoms with Crippen molar-refractivity contribution in [1.29, 1.82) is 0 Å². The van der Waals surface area contributed by atoms with E-state index in [0.717, 1.165) is 18.4 Å². The number of benzene rings is 1. The van der Waals surface area contributed by atoms with E-state index in [0.29, 0.717) is 23.3 Å². The SMILES string of the molecule is COc1cc(OC)c(OC)cc1/C=C/C(=O)N(C)C1CCCCCC1. The van der Waals surface area contributed by atoms with E-state index in [9.17, 15) is 4.79 Å². The van der Waals surface area contributed by atoms with Gasteiger partial charge in [-0.1, -0.05) is 25.7 Å². The van der Waals surface area contributed by atoms with E-state index in [1.54, 1.807) is 39.5 Å². The molecule has 0 radical (unpaired) electrons. The van der Waals surface area contributed by atoms with Crippen LogP contribution in [0.15, 0.2) is 18.2 Å². The summed E-state index contributed by atoms with van der Waals surface area (Å²) in [5.41, 5.74) is 0.780. The molecule has 25 heavy (non-hydrogen) atoms. The van der Waals surface area contributed by atoms with Gasteiger partial charge in [0, 0.05) is 30.8 Å². The zero-order valence-electron chi connectivity index (χ0n) is 15.7. The average Bonchev–Trinajstić information content (AvgIpc) is 2.93. The van der Waals surface area contributed by atoms with Gasteiger partial charge in [0.2, 0.25) is 5.91 Å². The minimum absolute atomic E-state index is 0.0173. The summed E-state index contributed by atoms with van der Waals surface area (Å²) < 4.78 is 16.0. The fourth-order valence-corrected chi connectivity index (χ4v) is 3.29. The molecule has 0 bridgehead atoms. The summed E-state index contributed by atoms with van der Waals surface area (Å²) in [5.74, 6) is 1.86. The molecular weight excluding hydrogens is 318 g/mol. The number of amides is 1. The van der Waals surface area contributed by atoms with Crippen LogP contribution in [0.4, 0.5) is 0 Å². The lowest BCUT2D eigenvalue weighted by molar-refractivity contribution is -0.126. The second-order valence-electron chi connectivity index (χ2n) is 6.38. The molecule has 0 aromatic heterocycles. The monoisotopic (exact) mass is 347 g/mol. The van der Waals surface area contributed by atoms with Crippen LogP contribution in [0.1, 0.15) is 44.1 Å². The summed E-state index contributed by atoms with van der Waals surface area (Å²) >= 11 is 0. The summed E-state index contributed by atoms with van der Waals surface area (Å²) in [7, 11) is 6.66. The lowest BCUT2D eigenvalue weighted by Gasteiger charge is -2.26. The van der Waals surface area contributed by atoms with Gasteiger partial charge in [-0.15, -0.1) is 0 Å². The van der Waals surface area contributed by atoms with E-state index >= 15 is 0 Å². The van der Waals surface area contributed by atoms with Crippen LogP contribution in [0.3, 0.4) is 0 Å². The van der Waals surface area contributed by atoms with Gasteiger partial charge in [0.15, 0.2) is 11.5 Å². The summed E-state index contributed by atoms with van der Waals surface area (Å²) in [6, 6.07) is 3.91. The normalized spacial score (nSPS) is 15.7. The predicted octanol–water partition coefficient (Wildman–Crippen LogP) is 3.91. The minimum Gasteiger partial charge on any atom is -0.496 e. The number of likely N-dealkylation sites (N-methyl/N-ethyl adjacent to an activating group) is 1. The molecule has 0 spiro atoms. The van der Waals surface area contributed by atoms with Gasteiger partial charge in [-0.25, -0.2) is 0 Å². The van der Waals surface area contributed by atoms with E-state index in [4.69, 9.17) is 14.2 Å². The van der Waals surface area contributed by atoms with Crippen molar-refractivity contribution in [3.63, 3.8) is 0 Å².